The summed E-state index contributed by atoms with van der Waals surface area (Å²) in [6, 6.07) is -1.46. The number of hydrogen-bond donors (Lipinski definition) is 1. The predicted molar refractivity (Wildman–Crippen MR) is 79.8 cm³/mol. The number of likely N-dealkylation sites (tertiary alicyclic amines) is 1. The minimum Gasteiger partial charge on any atom is -0.443 e. The monoisotopic (exact) mass is 345 g/mol. The van der Waals surface area contributed by atoms with E-state index >= 15 is 0 Å². The van der Waals surface area contributed by atoms with E-state index in [9.17, 15) is 24.3 Å². The number of aliphatic hydroxyl groups is 1. The first-order chi connectivity index (χ1) is 10.7. The van der Waals surface area contributed by atoms with Crippen molar-refractivity contribution >= 4 is 24.1 Å². The number of hydrogen-bond acceptors (Lipinski definition) is 8. The van der Waals surface area contributed by atoms with Gasteiger partial charge in [0.25, 0.3) is 5.91 Å². The lowest BCUT2D eigenvalue weighted by atomic mass is 10.2. The van der Waals surface area contributed by atoms with E-state index in [1.54, 1.807) is 41.5 Å². The lowest BCUT2D eigenvalue weighted by molar-refractivity contribution is -0.149. The van der Waals surface area contributed by atoms with Gasteiger partial charge < -0.3 is 19.3 Å². The number of carbonyl (C=O) groups excluding carboxylic acids is 4. The molecule has 1 fully saturated rings. The molecule has 0 saturated carbocycles. The third-order valence-corrected chi connectivity index (χ3v) is 2.72. The first kappa shape index (κ1) is 19.9. The van der Waals surface area contributed by atoms with Gasteiger partial charge in [-0.15, -0.1) is 0 Å². The van der Waals surface area contributed by atoms with E-state index in [-0.39, 0.29) is 6.42 Å². The molecule has 2 amide bonds. The van der Waals surface area contributed by atoms with Crippen LogP contribution in [0.5, 0.6) is 0 Å². The fourth-order valence-electron chi connectivity index (χ4n) is 1.88. The normalized spacial score (nSPS) is 21.5. The van der Waals surface area contributed by atoms with E-state index in [4.69, 9.17) is 9.47 Å². The second-order valence-corrected chi connectivity index (χ2v) is 7.34. The summed E-state index contributed by atoms with van der Waals surface area (Å²) in [5.74, 6) is -2.17. The fraction of sp³-hybridized carbons (Fsp3) is 0.733. The highest BCUT2D eigenvalue weighted by molar-refractivity contribution is 6.02. The quantitative estimate of drug-likeness (QED) is 0.559. The molecule has 0 spiro atoms. The van der Waals surface area contributed by atoms with Crippen molar-refractivity contribution in [2.45, 2.75) is 71.3 Å². The molecule has 9 nitrogen and oxygen atoms in total. The van der Waals surface area contributed by atoms with Crippen molar-refractivity contribution in [1.82, 2.24) is 4.90 Å². The van der Waals surface area contributed by atoms with Gasteiger partial charge in [-0.1, -0.05) is 0 Å². The van der Waals surface area contributed by atoms with Gasteiger partial charge in [0, 0.05) is 6.42 Å². The zero-order valence-corrected chi connectivity index (χ0v) is 14.6. The van der Waals surface area contributed by atoms with Crippen LogP contribution in [0.3, 0.4) is 0 Å². The molecule has 24 heavy (non-hydrogen) atoms. The Morgan fingerprint density at radius 1 is 1.04 bits per heavy atom. The minimum absolute atomic E-state index is 0.389. The summed E-state index contributed by atoms with van der Waals surface area (Å²) in [6.07, 6.45) is -4.31. The van der Waals surface area contributed by atoms with Gasteiger partial charge in [-0.2, -0.15) is 0 Å². The molecule has 0 bridgehead atoms. The Balaban J connectivity index is 2.87. The molecule has 1 aliphatic heterocycles. The largest absolute Gasteiger partial charge is 0.516 e. The molecule has 0 aromatic rings. The maximum Gasteiger partial charge on any atom is 0.516 e. The first-order valence-corrected chi connectivity index (χ1v) is 7.40. The van der Waals surface area contributed by atoms with Crippen molar-refractivity contribution < 1.29 is 38.5 Å². The first-order valence-electron chi connectivity index (χ1n) is 7.40. The van der Waals surface area contributed by atoms with Crippen molar-refractivity contribution in [3.63, 3.8) is 0 Å². The Hall–Kier alpha value is -2.16. The molecule has 2 atom stereocenters. The average Bonchev–Trinajstić information content (AvgIpc) is 2.61. The smallest absolute Gasteiger partial charge is 0.443 e. The van der Waals surface area contributed by atoms with Crippen LogP contribution in [-0.4, -0.2) is 57.5 Å². The topological polar surface area (TPSA) is 119 Å². The van der Waals surface area contributed by atoms with Gasteiger partial charge in [0.2, 0.25) is 0 Å². The van der Waals surface area contributed by atoms with E-state index in [0.717, 1.165) is 0 Å². The standard InChI is InChI=1S/C15H23NO8/c1-14(2,3)23-12(20)16-8(7-9(17)10(16)18)11(19)22-13(21)24-15(4,5)6/h8-9,17H,7H2,1-6H3. The van der Waals surface area contributed by atoms with Gasteiger partial charge in [0.15, 0.2) is 0 Å². The van der Waals surface area contributed by atoms with E-state index in [1.165, 1.54) is 0 Å². The molecule has 2 unspecified atom stereocenters. The molecule has 1 heterocycles. The van der Waals surface area contributed by atoms with Crippen LogP contribution in [-0.2, 0) is 23.8 Å². The van der Waals surface area contributed by atoms with Gasteiger partial charge in [0.05, 0.1) is 0 Å². The minimum atomic E-state index is -1.56. The summed E-state index contributed by atoms with van der Waals surface area (Å²) in [7, 11) is 0. The Morgan fingerprint density at radius 3 is 2.00 bits per heavy atom. The SMILES string of the molecule is CC(C)(C)OC(=O)OC(=O)C1CC(O)C(=O)N1C(=O)OC(C)(C)C. The number of carbonyl (C=O) groups is 4. The highest BCUT2D eigenvalue weighted by atomic mass is 16.7. The second-order valence-electron chi connectivity index (χ2n) is 7.34. The third-order valence-electron chi connectivity index (χ3n) is 2.72. The predicted octanol–water partition coefficient (Wildman–Crippen LogP) is 1.36. The summed E-state index contributed by atoms with van der Waals surface area (Å²) in [6.45, 7) is 9.47. The lowest BCUT2D eigenvalue weighted by Crippen LogP contribution is -2.47. The zero-order chi connectivity index (χ0) is 18.9. The number of aliphatic hydroxyl groups excluding tert-OH is 1. The summed E-state index contributed by atoms with van der Waals surface area (Å²) in [4.78, 5) is 48.1. The summed E-state index contributed by atoms with van der Waals surface area (Å²) >= 11 is 0. The van der Waals surface area contributed by atoms with Crippen LogP contribution >= 0.6 is 0 Å². The van der Waals surface area contributed by atoms with Crippen LogP contribution in [0, 0.1) is 0 Å². The van der Waals surface area contributed by atoms with Crippen molar-refractivity contribution in [3.05, 3.63) is 0 Å². The Morgan fingerprint density at radius 2 is 1.54 bits per heavy atom. The molecular weight excluding hydrogens is 322 g/mol. The molecule has 1 aliphatic rings. The van der Waals surface area contributed by atoms with Crippen LogP contribution in [0.2, 0.25) is 0 Å². The highest BCUT2D eigenvalue weighted by Gasteiger charge is 2.49. The van der Waals surface area contributed by atoms with Crippen LogP contribution in [0.15, 0.2) is 0 Å². The summed E-state index contributed by atoms with van der Waals surface area (Å²) in [5, 5.41) is 9.63. The van der Waals surface area contributed by atoms with Crippen molar-refractivity contribution in [2.24, 2.45) is 0 Å². The van der Waals surface area contributed by atoms with Gasteiger partial charge in [0.1, 0.15) is 23.3 Å². The van der Waals surface area contributed by atoms with Crippen LogP contribution in [0.1, 0.15) is 48.0 Å². The number of rotatable bonds is 1. The van der Waals surface area contributed by atoms with E-state index in [2.05, 4.69) is 4.74 Å². The van der Waals surface area contributed by atoms with E-state index in [0.29, 0.717) is 4.90 Å². The summed E-state index contributed by atoms with van der Waals surface area (Å²) < 4.78 is 14.4. The van der Waals surface area contributed by atoms with E-state index < -0.39 is 47.5 Å². The molecule has 0 radical (unpaired) electrons. The lowest BCUT2D eigenvalue weighted by Gasteiger charge is -2.26. The fourth-order valence-corrected chi connectivity index (χ4v) is 1.88. The third kappa shape index (κ3) is 5.48. The van der Waals surface area contributed by atoms with Gasteiger partial charge in [-0.25, -0.2) is 19.3 Å². The number of esters is 1. The molecule has 0 aromatic carbocycles. The van der Waals surface area contributed by atoms with Crippen LogP contribution in [0.4, 0.5) is 9.59 Å². The van der Waals surface area contributed by atoms with Crippen molar-refractivity contribution in [2.75, 3.05) is 0 Å². The number of amides is 2. The van der Waals surface area contributed by atoms with Crippen molar-refractivity contribution in [1.29, 1.82) is 0 Å². The van der Waals surface area contributed by atoms with Gasteiger partial charge in [-0.3, -0.25) is 4.79 Å². The molecule has 1 saturated heterocycles. The Bertz CT molecular complexity index is 543. The summed E-state index contributed by atoms with van der Waals surface area (Å²) in [5.41, 5.74) is -1.79. The van der Waals surface area contributed by atoms with E-state index in [1.807, 2.05) is 0 Å². The molecular formula is C15H23NO8. The van der Waals surface area contributed by atoms with Crippen LogP contribution in [0.25, 0.3) is 0 Å². The Kier molecular flexibility index (Phi) is 5.60. The number of imide groups is 1. The number of ether oxygens (including phenoxy) is 3. The second kappa shape index (κ2) is 6.76. The molecule has 1 N–H and O–H groups in total. The molecule has 1 rings (SSSR count). The average molecular weight is 345 g/mol. The van der Waals surface area contributed by atoms with Crippen LogP contribution < -0.4 is 0 Å². The highest BCUT2D eigenvalue weighted by Crippen LogP contribution is 2.24. The molecule has 136 valence electrons. The maximum atomic E-state index is 12.1. The van der Waals surface area contributed by atoms with Crippen molar-refractivity contribution in [3.8, 4) is 0 Å². The Labute approximate surface area is 139 Å². The zero-order valence-electron chi connectivity index (χ0n) is 14.6. The molecule has 0 aliphatic carbocycles. The molecule has 9 heteroatoms. The maximum absolute atomic E-state index is 12.1. The number of nitrogens with zero attached hydrogens (tertiary/aromatic N) is 1. The van der Waals surface area contributed by atoms with Gasteiger partial charge >= 0.3 is 18.2 Å². The van der Waals surface area contributed by atoms with Gasteiger partial charge in [-0.05, 0) is 41.5 Å². The molecule has 0 aromatic heterocycles.